The molecule has 1 fully saturated rings. The van der Waals surface area contributed by atoms with Gasteiger partial charge < -0.3 is 11.1 Å². The van der Waals surface area contributed by atoms with Crippen molar-refractivity contribution in [3.63, 3.8) is 0 Å². The Hall–Kier alpha value is -0.870. The molecule has 1 aliphatic rings. The Balaban J connectivity index is 2.02. The van der Waals surface area contributed by atoms with E-state index in [0.717, 1.165) is 6.42 Å². The highest BCUT2D eigenvalue weighted by Gasteiger charge is 2.29. The summed E-state index contributed by atoms with van der Waals surface area (Å²) in [5.74, 6) is 1.02. The number of hydrogen-bond acceptors (Lipinski definition) is 3. The molecule has 1 aromatic rings. The molecule has 0 bridgehead atoms. The number of thiophene rings is 1. The first-order valence-corrected chi connectivity index (χ1v) is 8.55. The van der Waals surface area contributed by atoms with Crippen molar-refractivity contribution in [2.45, 2.75) is 58.0 Å². The fourth-order valence-electron chi connectivity index (χ4n) is 3.06. The molecule has 1 amide bonds. The first-order chi connectivity index (χ1) is 9.58. The van der Waals surface area contributed by atoms with Gasteiger partial charge in [-0.15, -0.1) is 11.3 Å². The van der Waals surface area contributed by atoms with Crippen LogP contribution in [0, 0.1) is 11.8 Å². The molecular weight excluding hydrogens is 268 g/mol. The molecule has 0 spiro atoms. The van der Waals surface area contributed by atoms with Gasteiger partial charge in [-0.2, -0.15) is 0 Å². The summed E-state index contributed by atoms with van der Waals surface area (Å²) in [6.07, 6.45) is 5.72. The van der Waals surface area contributed by atoms with E-state index in [0.29, 0.717) is 11.8 Å². The molecule has 4 heteroatoms. The average molecular weight is 294 g/mol. The van der Waals surface area contributed by atoms with Crippen LogP contribution in [0.3, 0.4) is 0 Å². The molecule has 1 aliphatic carbocycles. The van der Waals surface area contributed by atoms with Gasteiger partial charge in [0, 0.05) is 4.88 Å². The minimum atomic E-state index is -0.390. The van der Waals surface area contributed by atoms with Crippen molar-refractivity contribution in [3.8, 4) is 0 Å². The van der Waals surface area contributed by atoms with E-state index in [1.807, 2.05) is 0 Å². The van der Waals surface area contributed by atoms with Crippen LogP contribution in [0.15, 0.2) is 17.5 Å². The zero-order valence-electron chi connectivity index (χ0n) is 12.5. The Kier molecular flexibility index (Phi) is 5.61. The summed E-state index contributed by atoms with van der Waals surface area (Å²) in [5, 5.41) is 5.29. The Labute approximate surface area is 125 Å². The Morgan fingerprint density at radius 1 is 1.45 bits per heavy atom. The van der Waals surface area contributed by atoms with E-state index >= 15 is 0 Å². The summed E-state index contributed by atoms with van der Waals surface area (Å²) in [6, 6.07) is 3.95. The highest BCUT2D eigenvalue weighted by atomic mass is 32.1. The molecule has 2 atom stereocenters. The zero-order valence-corrected chi connectivity index (χ0v) is 13.3. The zero-order chi connectivity index (χ0) is 14.5. The summed E-state index contributed by atoms with van der Waals surface area (Å²) in [4.78, 5) is 13.6. The van der Waals surface area contributed by atoms with Gasteiger partial charge >= 0.3 is 0 Å². The third kappa shape index (κ3) is 4.06. The van der Waals surface area contributed by atoms with Crippen molar-refractivity contribution in [1.29, 1.82) is 0 Å². The van der Waals surface area contributed by atoms with Crippen molar-refractivity contribution >= 4 is 17.2 Å². The van der Waals surface area contributed by atoms with Gasteiger partial charge in [0.25, 0.3) is 0 Å². The molecule has 1 unspecified atom stereocenters. The Morgan fingerprint density at radius 2 is 2.15 bits per heavy atom. The lowest BCUT2D eigenvalue weighted by Gasteiger charge is -2.25. The number of rotatable bonds is 6. The predicted molar refractivity (Wildman–Crippen MR) is 84.6 cm³/mol. The number of nitrogens with one attached hydrogen (secondary N) is 1. The maximum absolute atomic E-state index is 12.3. The summed E-state index contributed by atoms with van der Waals surface area (Å²) >= 11 is 1.73. The highest BCUT2D eigenvalue weighted by Crippen LogP contribution is 2.37. The van der Waals surface area contributed by atoms with Crippen LogP contribution in [-0.4, -0.2) is 11.9 Å². The first kappa shape index (κ1) is 15.5. The van der Waals surface area contributed by atoms with Crippen molar-refractivity contribution < 1.29 is 4.79 Å². The molecule has 1 aromatic heterocycles. The van der Waals surface area contributed by atoms with Crippen molar-refractivity contribution in [2.75, 3.05) is 0 Å². The molecule has 3 N–H and O–H groups in total. The van der Waals surface area contributed by atoms with Gasteiger partial charge in [0.2, 0.25) is 5.91 Å². The van der Waals surface area contributed by atoms with Gasteiger partial charge in [-0.1, -0.05) is 32.8 Å². The molecule has 0 radical (unpaired) electrons. The van der Waals surface area contributed by atoms with Gasteiger partial charge in [-0.3, -0.25) is 4.79 Å². The highest BCUT2D eigenvalue weighted by molar-refractivity contribution is 7.10. The standard InChI is InChI=1S/C16H26N2OS/c1-11(2)10-13(17)16(19)18-15(12-6-3-4-7-12)14-8-5-9-20-14/h5,8-9,11-13,15H,3-4,6-7,10,17H2,1-2H3,(H,18,19)/t13-,15?/m0/s1. The van der Waals surface area contributed by atoms with Crippen LogP contribution in [0.25, 0.3) is 0 Å². The summed E-state index contributed by atoms with van der Waals surface area (Å²) < 4.78 is 0. The van der Waals surface area contributed by atoms with E-state index in [1.165, 1.54) is 30.6 Å². The monoisotopic (exact) mass is 294 g/mol. The van der Waals surface area contributed by atoms with Crippen molar-refractivity contribution in [1.82, 2.24) is 5.32 Å². The lowest BCUT2D eigenvalue weighted by atomic mass is 9.95. The Morgan fingerprint density at radius 3 is 2.70 bits per heavy atom. The van der Waals surface area contributed by atoms with E-state index in [4.69, 9.17) is 5.73 Å². The van der Waals surface area contributed by atoms with Gasteiger partial charge in [-0.25, -0.2) is 0 Å². The second kappa shape index (κ2) is 7.23. The first-order valence-electron chi connectivity index (χ1n) is 7.67. The molecule has 2 rings (SSSR count). The van der Waals surface area contributed by atoms with E-state index in [2.05, 4.69) is 36.7 Å². The molecule has 0 aliphatic heterocycles. The molecule has 3 nitrogen and oxygen atoms in total. The second-order valence-corrected chi connectivity index (χ2v) is 7.26. The van der Waals surface area contributed by atoms with E-state index < -0.39 is 0 Å². The van der Waals surface area contributed by atoms with Crippen LogP contribution >= 0.6 is 11.3 Å². The number of carbonyl (C=O) groups is 1. The third-order valence-electron chi connectivity index (χ3n) is 4.08. The van der Waals surface area contributed by atoms with Gasteiger partial charge in [0.1, 0.15) is 0 Å². The smallest absolute Gasteiger partial charge is 0.237 e. The molecule has 0 saturated heterocycles. The van der Waals surface area contributed by atoms with Crippen LogP contribution in [0.2, 0.25) is 0 Å². The van der Waals surface area contributed by atoms with Crippen LogP contribution in [0.4, 0.5) is 0 Å². The van der Waals surface area contributed by atoms with Crippen LogP contribution < -0.4 is 11.1 Å². The average Bonchev–Trinajstić information content (AvgIpc) is 3.07. The molecular formula is C16H26N2OS. The molecule has 1 saturated carbocycles. The number of hydrogen-bond donors (Lipinski definition) is 2. The van der Waals surface area contributed by atoms with E-state index in [9.17, 15) is 4.79 Å². The summed E-state index contributed by atoms with van der Waals surface area (Å²) in [6.45, 7) is 4.20. The number of nitrogens with two attached hydrogens (primary N) is 1. The largest absolute Gasteiger partial charge is 0.347 e. The molecule has 112 valence electrons. The molecule has 20 heavy (non-hydrogen) atoms. The lowest BCUT2D eigenvalue weighted by molar-refractivity contribution is -0.123. The number of amides is 1. The van der Waals surface area contributed by atoms with Crippen LogP contribution in [-0.2, 0) is 4.79 Å². The maximum atomic E-state index is 12.3. The maximum Gasteiger partial charge on any atom is 0.237 e. The van der Waals surface area contributed by atoms with Crippen LogP contribution in [0.5, 0.6) is 0 Å². The van der Waals surface area contributed by atoms with E-state index in [-0.39, 0.29) is 18.0 Å². The number of carbonyl (C=O) groups excluding carboxylic acids is 1. The second-order valence-electron chi connectivity index (χ2n) is 6.28. The normalized spacial score (nSPS) is 19.2. The van der Waals surface area contributed by atoms with E-state index in [1.54, 1.807) is 11.3 Å². The predicted octanol–water partition coefficient (Wildman–Crippen LogP) is 3.47. The fraction of sp³-hybridized carbons (Fsp3) is 0.688. The third-order valence-corrected chi connectivity index (χ3v) is 5.04. The Bertz CT molecular complexity index is 410. The summed E-state index contributed by atoms with van der Waals surface area (Å²) in [7, 11) is 0. The van der Waals surface area contributed by atoms with Crippen molar-refractivity contribution in [3.05, 3.63) is 22.4 Å². The van der Waals surface area contributed by atoms with Crippen LogP contribution in [0.1, 0.15) is 56.9 Å². The quantitative estimate of drug-likeness (QED) is 0.844. The van der Waals surface area contributed by atoms with Gasteiger partial charge in [0.05, 0.1) is 12.1 Å². The van der Waals surface area contributed by atoms with Crippen molar-refractivity contribution in [2.24, 2.45) is 17.6 Å². The molecule has 0 aromatic carbocycles. The van der Waals surface area contributed by atoms with Gasteiger partial charge in [0.15, 0.2) is 0 Å². The molecule has 1 heterocycles. The van der Waals surface area contributed by atoms with Gasteiger partial charge in [-0.05, 0) is 42.5 Å². The fourth-order valence-corrected chi connectivity index (χ4v) is 3.92. The topological polar surface area (TPSA) is 55.1 Å². The summed E-state index contributed by atoms with van der Waals surface area (Å²) in [5.41, 5.74) is 6.01. The minimum Gasteiger partial charge on any atom is -0.347 e. The minimum absolute atomic E-state index is 0.00370. The SMILES string of the molecule is CC(C)C[C@H](N)C(=O)NC(c1cccs1)C1CCCC1. The lowest BCUT2D eigenvalue weighted by Crippen LogP contribution is -2.44.